The van der Waals surface area contributed by atoms with Crippen LogP contribution in [0.1, 0.15) is 35.9 Å². The van der Waals surface area contributed by atoms with Crippen LogP contribution >= 0.6 is 0 Å². The average Bonchev–Trinajstić information content (AvgIpc) is 3.43. The number of non-ortho nitro benzene ring substituents is 1. The summed E-state index contributed by atoms with van der Waals surface area (Å²) in [6, 6.07) is 13.2. The molecule has 4 atom stereocenters. The van der Waals surface area contributed by atoms with Crippen LogP contribution in [0.2, 0.25) is 0 Å². The van der Waals surface area contributed by atoms with Crippen molar-refractivity contribution in [2.75, 3.05) is 6.61 Å². The molecular formula is C23H22N2O7. The lowest BCUT2D eigenvalue weighted by Gasteiger charge is -2.24. The van der Waals surface area contributed by atoms with Crippen LogP contribution in [0.4, 0.5) is 5.69 Å². The van der Waals surface area contributed by atoms with E-state index in [-0.39, 0.29) is 30.1 Å². The second-order valence-corrected chi connectivity index (χ2v) is 8.35. The van der Waals surface area contributed by atoms with E-state index >= 15 is 0 Å². The number of carbonyl (C=O) groups excluding carboxylic acids is 1. The van der Waals surface area contributed by atoms with Gasteiger partial charge in [-0.2, -0.15) is 0 Å². The lowest BCUT2D eigenvalue weighted by molar-refractivity contribution is -0.384. The minimum atomic E-state index is -0.788. The first-order valence-corrected chi connectivity index (χ1v) is 10.3. The number of esters is 1. The van der Waals surface area contributed by atoms with Crippen molar-refractivity contribution in [2.45, 2.75) is 44.1 Å². The third-order valence-electron chi connectivity index (χ3n) is 5.77. The molecule has 2 aromatic carbocycles. The van der Waals surface area contributed by atoms with Crippen LogP contribution < -0.4 is 0 Å². The zero-order valence-corrected chi connectivity index (χ0v) is 17.5. The van der Waals surface area contributed by atoms with Crippen LogP contribution in [0, 0.1) is 10.1 Å². The molecule has 2 aliphatic heterocycles. The molecule has 0 spiro atoms. The Hall–Kier alpha value is -3.27. The number of fused-ring (bicyclic) bond motifs is 2. The number of rotatable bonds is 5. The zero-order valence-electron chi connectivity index (χ0n) is 17.5. The van der Waals surface area contributed by atoms with Crippen molar-refractivity contribution in [3.8, 4) is 0 Å². The van der Waals surface area contributed by atoms with Gasteiger partial charge in [-0.1, -0.05) is 18.2 Å². The average molecular weight is 438 g/mol. The summed E-state index contributed by atoms with van der Waals surface area (Å²) < 4.78 is 24.0. The lowest BCUT2D eigenvalue weighted by atomic mass is 10.0. The van der Waals surface area contributed by atoms with Gasteiger partial charge in [0.2, 0.25) is 0 Å². The Kier molecular flexibility index (Phi) is 4.96. The Balaban J connectivity index is 1.34. The largest absolute Gasteiger partial charge is 0.459 e. The van der Waals surface area contributed by atoms with E-state index in [1.807, 2.05) is 44.3 Å². The van der Waals surface area contributed by atoms with Crippen molar-refractivity contribution in [1.29, 1.82) is 0 Å². The second kappa shape index (κ2) is 7.70. The number of nitrogens with zero attached hydrogens (tertiary/aromatic N) is 1. The predicted octanol–water partition coefficient (Wildman–Crippen LogP) is 3.89. The van der Waals surface area contributed by atoms with Crippen molar-refractivity contribution in [1.82, 2.24) is 4.98 Å². The first-order chi connectivity index (χ1) is 15.3. The van der Waals surface area contributed by atoms with Gasteiger partial charge in [-0.25, -0.2) is 4.79 Å². The van der Waals surface area contributed by atoms with Crippen molar-refractivity contribution in [2.24, 2.45) is 0 Å². The number of nitro groups is 1. The van der Waals surface area contributed by atoms with Gasteiger partial charge in [-0.05, 0) is 32.0 Å². The fourth-order valence-corrected chi connectivity index (χ4v) is 4.36. The Bertz CT molecular complexity index is 1170. The summed E-state index contributed by atoms with van der Waals surface area (Å²) in [5.41, 5.74) is 2.08. The molecule has 166 valence electrons. The van der Waals surface area contributed by atoms with Gasteiger partial charge in [-0.3, -0.25) is 10.1 Å². The number of H-pyrrole nitrogens is 1. The molecule has 32 heavy (non-hydrogen) atoms. The predicted molar refractivity (Wildman–Crippen MR) is 113 cm³/mol. The molecule has 9 heteroatoms. The summed E-state index contributed by atoms with van der Waals surface area (Å²) in [6.07, 6.45) is 0.232. The number of carbonyl (C=O) groups is 1. The fraction of sp³-hybridized carbons (Fsp3) is 0.348. The molecule has 0 radical (unpaired) electrons. The van der Waals surface area contributed by atoms with Gasteiger partial charge >= 0.3 is 5.97 Å². The standard InChI is InChI=1S/C23H22N2O7/c1-23(2)31-20-18(12-29-22(26)13-7-9-14(10-8-13)25(27)28)30-19(21(20)32-23)16-11-24-17-6-4-3-5-15(16)17/h3-11,18-21,24H,12H2,1-2H3/t18-,19+,20-,21+/m1/s1. The van der Waals surface area contributed by atoms with Crippen LogP contribution in [-0.4, -0.2) is 46.6 Å². The van der Waals surface area contributed by atoms with E-state index in [9.17, 15) is 14.9 Å². The van der Waals surface area contributed by atoms with Crippen LogP contribution in [-0.2, 0) is 18.9 Å². The van der Waals surface area contributed by atoms with E-state index in [1.54, 1.807) is 0 Å². The van der Waals surface area contributed by atoms with E-state index in [0.717, 1.165) is 16.5 Å². The molecule has 2 saturated heterocycles. The van der Waals surface area contributed by atoms with Gasteiger partial charge in [-0.15, -0.1) is 0 Å². The highest BCUT2D eigenvalue weighted by atomic mass is 16.8. The maximum absolute atomic E-state index is 12.5. The Morgan fingerprint density at radius 3 is 2.59 bits per heavy atom. The van der Waals surface area contributed by atoms with Gasteiger partial charge < -0.3 is 23.9 Å². The summed E-state index contributed by atoms with van der Waals surface area (Å²) in [6.45, 7) is 3.66. The van der Waals surface area contributed by atoms with Crippen LogP contribution in [0.5, 0.6) is 0 Å². The third kappa shape index (κ3) is 3.64. The first-order valence-electron chi connectivity index (χ1n) is 10.3. The number of aromatic nitrogens is 1. The topological polar surface area (TPSA) is 113 Å². The number of hydrogen-bond acceptors (Lipinski definition) is 7. The molecule has 2 fully saturated rings. The smallest absolute Gasteiger partial charge is 0.338 e. The fourth-order valence-electron chi connectivity index (χ4n) is 4.36. The first kappa shape index (κ1) is 20.6. The summed E-state index contributed by atoms with van der Waals surface area (Å²) >= 11 is 0. The molecule has 9 nitrogen and oxygen atoms in total. The quantitative estimate of drug-likeness (QED) is 0.365. The van der Waals surface area contributed by atoms with Gasteiger partial charge in [0.05, 0.1) is 10.5 Å². The van der Waals surface area contributed by atoms with E-state index in [1.165, 1.54) is 24.3 Å². The highest BCUT2D eigenvalue weighted by Gasteiger charge is 2.56. The van der Waals surface area contributed by atoms with Crippen molar-refractivity contribution in [3.63, 3.8) is 0 Å². The minimum Gasteiger partial charge on any atom is -0.459 e. The molecule has 2 aliphatic rings. The number of ether oxygens (including phenoxy) is 4. The molecule has 0 bridgehead atoms. The number of nitrogens with one attached hydrogen (secondary N) is 1. The van der Waals surface area contributed by atoms with Crippen LogP contribution in [0.15, 0.2) is 54.7 Å². The van der Waals surface area contributed by atoms with E-state index in [4.69, 9.17) is 18.9 Å². The molecule has 5 rings (SSSR count). The second-order valence-electron chi connectivity index (χ2n) is 8.35. The summed E-state index contributed by atoms with van der Waals surface area (Å²) in [5.74, 6) is -1.38. The van der Waals surface area contributed by atoms with E-state index < -0.39 is 28.9 Å². The molecule has 3 aromatic rings. The van der Waals surface area contributed by atoms with Crippen molar-refractivity contribution < 1.29 is 28.7 Å². The van der Waals surface area contributed by atoms with E-state index in [2.05, 4.69) is 4.98 Å². The molecule has 0 amide bonds. The summed E-state index contributed by atoms with van der Waals surface area (Å²) in [5, 5.41) is 11.8. The lowest BCUT2D eigenvalue weighted by Crippen LogP contribution is -2.33. The molecule has 0 saturated carbocycles. The SMILES string of the molecule is CC1(C)O[C@@H]2[C@H](O1)[C@@H](COC(=O)c1ccc([N+](=O)[O-])cc1)O[C@H]2c1c[nH]c2ccccc12. The number of aromatic amines is 1. The van der Waals surface area contributed by atoms with Gasteiger partial charge in [0.25, 0.3) is 5.69 Å². The third-order valence-corrected chi connectivity index (χ3v) is 5.77. The molecule has 3 heterocycles. The number of nitro benzene ring substituents is 1. The number of para-hydroxylation sites is 1. The zero-order chi connectivity index (χ0) is 22.5. The monoisotopic (exact) mass is 438 g/mol. The van der Waals surface area contributed by atoms with Gasteiger partial charge in [0, 0.05) is 34.8 Å². The Labute approximate surface area is 183 Å². The number of benzene rings is 2. The van der Waals surface area contributed by atoms with E-state index in [0.29, 0.717) is 0 Å². The minimum absolute atomic E-state index is 0.0325. The number of hydrogen-bond donors (Lipinski definition) is 1. The maximum Gasteiger partial charge on any atom is 0.338 e. The van der Waals surface area contributed by atoms with Crippen molar-refractivity contribution in [3.05, 3.63) is 76.0 Å². The Morgan fingerprint density at radius 2 is 1.84 bits per heavy atom. The molecule has 0 aliphatic carbocycles. The van der Waals surface area contributed by atoms with Crippen molar-refractivity contribution >= 4 is 22.6 Å². The Morgan fingerprint density at radius 1 is 1.12 bits per heavy atom. The molecular weight excluding hydrogens is 416 g/mol. The highest BCUT2D eigenvalue weighted by molar-refractivity contribution is 5.89. The maximum atomic E-state index is 12.5. The molecule has 1 aromatic heterocycles. The van der Waals surface area contributed by atoms with Gasteiger partial charge in [0.15, 0.2) is 5.79 Å². The van der Waals surface area contributed by atoms with Crippen LogP contribution in [0.25, 0.3) is 10.9 Å². The van der Waals surface area contributed by atoms with Crippen LogP contribution in [0.3, 0.4) is 0 Å². The normalized spacial score (nSPS) is 26.2. The summed E-state index contributed by atoms with van der Waals surface area (Å²) in [7, 11) is 0. The molecule has 1 N–H and O–H groups in total. The molecule has 0 unspecified atom stereocenters. The summed E-state index contributed by atoms with van der Waals surface area (Å²) in [4.78, 5) is 26.0. The van der Waals surface area contributed by atoms with Gasteiger partial charge in [0.1, 0.15) is 31.0 Å². The highest BCUT2D eigenvalue weighted by Crippen LogP contribution is 2.46.